The van der Waals surface area contributed by atoms with E-state index >= 15 is 0 Å². The Morgan fingerprint density at radius 1 is 0.438 bits per heavy atom. The van der Waals surface area contributed by atoms with Gasteiger partial charge in [0.1, 0.15) is 23.0 Å². The maximum absolute atomic E-state index is 13.0. The van der Waals surface area contributed by atoms with Crippen molar-refractivity contribution in [3.05, 3.63) is 119 Å². The number of rotatable bonds is 0. The molecule has 150 valence electrons. The maximum Gasteiger partial charge on any atom is 0.123 e. The highest BCUT2D eigenvalue weighted by molar-refractivity contribution is 6.04. The summed E-state index contributed by atoms with van der Waals surface area (Å²) in [6.07, 6.45) is 0. The van der Waals surface area contributed by atoms with Crippen LogP contribution in [-0.4, -0.2) is 9.97 Å². The van der Waals surface area contributed by atoms with Crippen molar-refractivity contribution in [2.24, 2.45) is 0 Å². The molecule has 0 aliphatic carbocycles. The fourth-order valence-corrected chi connectivity index (χ4v) is 3.30. The Morgan fingerprint density at radius 2 is 0.844 bits per heavy atom. The monoisotopic (exact) mass is 416 g/mol. The van der Waals surface area contributed by atoms with E-state index in [9.17, 15) is 8.78 Å². The van der Waals surface area contributed by atoms with Crippen LogP contribution in [-0.2, 0) is 0 Å². The SMILES string of the molecule is Fc1ccc(C#Cc2ccc3c(ccc4nc(C#Cc5ccc(F)cc5)ccc43)n2)cc1. The van der Waals surface area contributed by atoms with Gasteiger partial charge in [0.15, 0.2) is 0 Å². The molecule has 32 heavy (non-hydrogen) atoms. The van der Waals surface area contributed by atoms with Crippen molar-refractivity contribution in [2.45, 2.75) is 0 Å². The van der Waals surface area contributed by atoms with Crippen molar-refractivity contribution in [1.29, 1.82) is 0 Å². The zero-order valence-electron chi connectivity index (χ0n) is 16.7. The van der Waals surface area contributed by atoms with Gasteiger partial charge in [-0.15, -0.1) is 0 Å². The predicted molar refractivity (Wildman–Crippen MR) is 122 cm³/mol. The van der Waals surface area contributed by atoms with Crippen molar-refractivity contribution >= 4 is 21.8 Å². The molecule has 3 aromatic carbocycles. The third kappa shape index (κ3) is 4.17. The number of pyridine rings is 2. The van der Waals surface area contributed by atoms with Crippen molar-refractivity contribution in [1.82, 2.24) is 9.97 Å². The first-order chi connectivity index (χ1) is 15.6. The minimum absolute atomic E-state index is 0.288. The first kappa shape index (κ1) is 19.4. The molecule has 0 aliphatic rings. The molecule has 5 rings (SSSR count). The number of hydrogen-bond donors (Lipinski definition) is 0. The Balaban J connectivity index is 1.46. The van der Waals surface area contributed by atoms with Crippen molar-refractivity contribution in [2.75, 3.05) is 0 Å². The summed E-state index contributed by atoms with van der Waals surface area (Å²) in [4.78, 5) is 9.26. The van der Waals surface area contributed by atoms with E-state index < -0.39 is 0 Å². The molecule has 0 fully saturated rings. The Labute approximate surface area is 183 Å². The van der Waals surface area contributed by atoms with Crippen LogP contribution in [0.1, 0.15) is 22.5 Å². The largest absolute Gasteiger partial charge is 0.239 e. The fraction of sp³-hybridized carbons (Fsp3) is 0. The summed E-state index contributed by atoms with van der Waals surface area (Å²) in [5.41, 5.74) is 4.35. The van der Waals surface area contributed by atoms with Gasteiger partial charge in [0.2, 0.25) is 0 Å². The molecule has 5 aromatic rings. The summed E-state index contributed by atoms with van der Waals surface area (Å²) in [5.74, 6) is 11.5. The fourth-order valence-electron chi connectivity index (χ4n) is 3.30. The highest BCUT2D eigenvalue weighted by Gasteiger charge is 2.04. The molecule has 0 N–H and O–H groups in total. The van der Waals surface area contributed by atoms with E-state index in [1.807, 2.05) is 36.4 Å². The van der Waals surface area contributed by atoms with Gasteiger partial charge < -0.3 is 0 Å². The zero-order valence-corrected chi connectivity index (χ0v) is 16.7. The lowest BCUT2D eigenvalue weighted by molar-refractivity contribution is 0.627. The molecule has 0 amide bonds. The van der Waals surface area contributed by atoms with Crippen LogP contribution in [0.15, 0.2) is 84.9 Å². The van der Waals surface area contributed by atoms with Gasteiger partial charge in [0.25, 0.3) is 0 Å². The standard InChI is InChI=1S/C28H14F2N2/c29-21-7-1-19(2-8-21)5-11-23-13-15-25-26-16-14-24(32-28(26)18-17-27(25)31-23)12-6-20-3-9-22(30)10-4-20/h1-4,7-10,13-18H. The van der Waals surface area contributed by atoms with E-state index in [-0.39, 0.29) is 11.6 Å². The molecular weight excluding hydrogens is 402 g/mol. The average molecular weight is 416 g/mol. The highest BCUT2D eigenvalue weighted by Crippen LogP contribution is 2.23. The van der Waals surface area contributed by atoms with Gasteiger partial charge in [-0.25, -0.2) is 18.7 Å². The molecule has 4 heteroatoms. The third-order valence-electron chi connectivity index (χ3n) is 4.90. The van der Waals surface area contributed by atoms with E-state index in [0.717, 1.165) is 32.9 Å². The highest BCUT2D eigenvalue weighted by atomic mass is 19.1. The number of hydrogen-bond acceptors (Lipinski definition) is 2. The molecule has 2 nitrogen and oxygen atoms in total. The van der Waals surface area contributed by atoms with Crippen molar-refractivity contribution in [3.8, 4) is 23.7 Å². The molecule has 2 aromatic heterocycles. The van der Waals surface area contributed by atoms with Gasteiger partial charge in [-0.05, 0) is 96.8 Å². The first-order valence-electron chi connectivity index (χ1n) is 9.90. The normalized spacial score (nSPS) is 10.3. The average Bonchev–Trinajstić information content (AvgIpc) is 2.83. The summed E-state index contributed by atoms with van der Waals surface area (Å²) in [7, 11) is 0. The van der Waals surface area contributed by atoms with Crippen LogP contribution in [0.4, 0.5) is 8.78 Å². The topological polar surface area (TPSA) is 25.8 Å². The number of halogens is 2. The second-order valence-electron chi connectivity index (χ2n) is 7.11. The number of aromatic nitrogens is 2. The molecule has 0 aliphatic heterocycles. The first-order valence-corrected chi connectivity index (χ1v) is 9.90. The quantitative estimate of drug-likeness (QED) is 0.233. The number of benzene rings is 3. The summed E-state index contributed by atoms with van der Waals surface area (Å²) in [6, 6.07) is 23.6. The zero-order chi connectivity index (χ0) is 21.9. The van der Waals surface area contributed by atoms with Gasteiger partial charge in [0.05, 0.1) is 11.0 Å². The molecule has 0 radical (unpaired) electrons. The van der Waals surface area contributed by atoms with Crippen molar-refractivity contribution in [3.63, 3.8) is 0 Å². The van der Waals surface area contributed by atoms with Crippen LogP contribution in [0.2, 0.25) is 0 Å². The molecule has 0 atom stereocenters. The summed E-state index contributed by atoms with van der Waals surface area (Å²) < 4.78 is 26.1. The Morgan fingerprint density at radius 3 is 1.25 bits per heavy atom. The van der Waals surface area contributed by atoms with Crippen LogP contribution in [0, 0.1) is 35.3 Å². The van der Waals surface area contributed by atoms with E-state index in [0.29, 0.717) is 11.4 Å². The van der Waals surface area contributed by atoms with Crippen LogP contribution >= 0.6 is 0 Å². The summed E-state index contributed by atoms with van der Waals surface area (Å²) >= 11 is 0. The van der Waals surface area contributed by atoms with E-state index in [2.05, 4.69) is 33.6 Å². The second kappa shape index (κ2) is 8.30. The van der Waals surface area contributed by atoms with Gasteiger partial charge in [-0.2, -0.15) is 0 Å². The van der Waals surface area contributed by atoms with Crippen molar-refractivity contribution < 1.29 is 8.78 Å². The predicted octanol–water partition coefficient (Wildman–Crippen LogP) is 5.86. The van der Waals surface area contributed by atoms with E-state index in [1.165, 1.54) is 24.3 Å². The molecule has 2 heterocycles. The van der Waals surface area contributed by atoms with Crippen LogP contribution in [0.25, 0.3) is 21.8 Å². The summed E-state index contributed by atoms with van der Waals surface area (Å²) in [6.45, 7) is 0. The van der Waals surface area contributed by atoms with Gasteiger partial charge in [-0.1, -0.05) is 11.8 Å². The Bertz CT molecular complexity index is 1460. The molecule has 0 saturated carbocycles. The molecule has 0 saturated heterocycles. The molecule has 0 bridgehead atoms. The lowest BCUT2D eigenvalue weighted by atomic mass is 10.1. The number of fused-ring (bicyclic) bond motifs is 3. The number of nitrogens with zero attached hydrogens (tertiary/aromatic N) is 2. The molecule has 0 unspecified atom stereocenters. The minimum atomic E-state index is -0.288. The van der Waals surface area contributed by atoms with Gasteiger partial charge in [0, 0.05) is 21.9 Å². The Hall–Kier alpha value is -4.54. The maximum atomic E-state index is 13.0. The lowest BCUT2D eigenvalue weighted by Gasteiger charge is -2.04. The lowest BCUT2D eigenvalue weighted by Crippen LogP contribution is -1.89. The van der Waals surface area contributed by atoms with E-state index in [1.54, 1.807) is 24.3 Å². The van der Waals surface area contributed by atoms with Crippen LogP contribution < -0.4 is 0 Å². The minimum Gasteiger partial charge on any atom is -0.239 e. The van der Waals surface area contributed by atoms with Gasteiger partial charge in [-0.3, -0.25) is 0 Å². The summed E-state index contributed by atoms with van der Waals surface area (Å²) in [5, 5.41) is 1.95. The Kier molecular flexibility index (Phi) is 5.04. The van der Waals surface area contributed by atoms with Crippen LogP contribution in [0.3, 0.4) is 0 Å². The third-order valence-corrected chi connectivity index (χ3v) is 4.90. The van der Waals surface area contributed by atoms with E-state index in [4.69, 9.17) is 0 Å². The molecular formula is C28H14F2N2. The van der Waals surface area contributed by atoms with Crippen LogP contribution in [0.5, 0.6) is 0 Å². The molecule has 0 spiro atoms. The second-order valence-corrected chi connectivity index (χ2v) is 7.11. The smallest absolute Gasteiger partial charge is 0.123 e. The van der Waals surface area contributed by atoms with Gasteiger partial charge >= 0.3 is 0 Å².